The Kier molecular flexibility index (Phi) is 51.5. The Morgan fingerprint density at radius 2 is 0.785 bits per heavy atom. The maximum Gasteiger partial charge on any atom is 0.320 e. The van der Waals surface area contributed by atoms with Crippen molar-refractivity contribution in [3.63, 3.8) is 0 Å². The van der Waals surface area contributed by atoms with Crippen LogP contribution in [-0.4, -0.2) is 118 Å². The first-order valence-electron chi connectivity index (χ1n) is 29.4. The fraction of sp³-hybridized carbons (Fsp3) is 0.966. The minimum absolute atomic E-state index is 0.0147. The van der Waals surface area contributed by atoms with Crippen LogP contribution < -0.4 is 0 Å². The van der Waals surface area contributed by atoms with E-state index in [0.717, 1.165) is 45.6 Å². The summed E-state index contributed by atoms with van der Waals surface area (Å²) in [5, 5.41) is 0. The molecule has 0 spiro atoms. The van der Waals surface area contributed by atoms with Crippen LogP contribution in [0.15, 0.2) is 0 Å². The molecular weight excluding hydrogens is 801 g/mol. The topological polar surface area (TPSA) is 56.3 Å². The zero-order valence-corrected chi connectivity index (χ0v) is 45.3. The Bertz CT molecular complexity index is 916. The van der Waals surface area contributed by atoms with E-state index >= 15 is 0 Å². The average Bonchev–Trinajstić information content (AvgIpc) is 3.30. The van der Waals surface area contributed by atoms with Gasteiger partial charge in [-0.25, -0.2) is 0 Å². The van der Waals surface area contributed by atoms with Crippen LogP contribution in [0.1, 0.15) is 272 Å². The molecule has 388 valence electrons. The first-order valence-corrected chi connectivity index (χ1v) is 29.4. The lowest BCUT2D eigenvalue weighted by molar-refractivity contribution is -0.146. The second-order valence-corrected chi connectivity index (χ2v) is 20.6. The van der Waals surface area contributed by atoms with Crippen molar-refractivity contribution in [3.05, 3.63) is 0 Å². The van der Waals surface area contributed by atoms with Gasteiger partial charge in [0.1, 0.15) is 6.29 Å². The van der Waals surface area contributed by atoms with Crippen LogP contribution in [0.3, 0.4) is 0 Å². The first-order chi connectivity index (χ1) is 31.9. The summed E-state index contributed by atoms with van der Waals surface area (Å²) in [4.78, 5) is 33.6. The van der Waals surface area contributed by atoms with Crippen LogP contribution in [-0.2, 0) is 14.3 Å². The molecule has 1 saturated heterocycles. The van der Waals surface area contributed by atoms with Crippen LogP contribution in [0.2, 0.25) is 0 Å². The molecule has 0 aromatic carbocycles. The van der Waals surface area contributed by atoms with E-state index in [4.69, 9.17) is 4.74 Å². The zero-order valence-electron chi connectivity index (χ0n) is 45.3. The second-order valence-electron chi connectivity index (χ2n) is 20.6. The van der Waals surface area contributed by atoms with Crippen LogP contribution in [0.25, 0.3) is 0 Å². The number of unbranched alkanes of at least 4 members (excludes halogenated alkanes) is 30. The number of ether oxygens (including phenoxy) is 1. The molecule has 1 heterocycles. The van der Waals surface area contributed by atoms with Gasteiger partial charge in [-0.1, -0.05) is 227 Å². The molecule has 0 N–H and O–H groups in total. The molecule has 0 aromatic rings. The summed E-state index contributed by atoms with van der Waals surface area (Å²) in [5.41, 5.74) is 0. The minimum atomic E-state index is -0.0147. The monoisotopic (exact) mass is 919 g/mol. The highest BCUT2D eigenvalue weighted by Crippen LogP contribution is 2.17. The molecule has 1 unspecified atom stereocenters. The molecule has 0 radical (unpaired) electrons. The van der Waals surface area contributed by atoms with E-state index in [-0.39, 0.29) is 5.97 Å². The SMILES string of the molecule is CCCCCCCCCN(CC=O)CCN(CCCCCCCCC)CCCCCCCCC.CCCCCCCCCN(CCCCCCCCC)CC(=O)OCC1CCCN(C)C1. The number of carbonyl (C=O) groups excluding carboxylic acids is 2. The Morgan fingerprint density at radius 1 is 0.462 bits per heavy atom. The number of rotatable bonds is 49. The summed E-state index contributed by atoms with van der Waals surface area (Å²) in [6.07, 6.45) is 50.8. The number of hydrogen-bond acceptors (Lipinski definition) is 7. The van der Waals surface area contributed by atoms with Gasteiger partial charge in [-0.3, -0.25) is 14.6 Å². The van der Waals surface area contributed by atoms with Gasteiger partial charge in [0.2, 0.25) is 0 Å². The van der Waals surface area contributed by atoms with Crippen molar-refractivity contribution >= 4 is 12.3 Å². The summed E-state index contributed by atoms with van der Waals surface area (Å²) >= 11 is 0. The van der Waals surface area contributed by atoms with Gasteiger partial charge < -0.3 is 19.3 Å². The van der Waals surface area contributed by atoms with E-state index < -0.39 is 0 Å². The van der Waals surface area contributed by atoms with E-state index in [1.54, 1.807) is 0 Å². The summed E-state index contributed by atoms with van der Waals surface area (Å²) in [6.45, 7) is 23.2. The van der Waals surface area contributed by atoms with Crippen molar-refractivity contribution < 1.29 is 14.3 Å². The zero-order chi connectivity index (χ0) is 47.5. The van der Waals surface area contributed by atoms with Gasteiger partial charge in [0.25, 0.3) is 0 Å². The lowest BCUT2D eigenvalue weighted by Crippen LogP contribution is -2.37. The van der Waals surface area contributed by atoms with Crippen LogP contribution >= 0.6 is 0 Å². The quantitative estimate of drug-likeness (QED) is 0.0342. The second kappa shape index (κ2) is 52.4. The number of esters is 1. The molecule has 0 aromatic heterocycles. The number of aldehydes is 1. The molecule has 0 aliphatic carbocycles. The van der Waals surface area contributed by atoms with Crippen molar-refractivity contribution in [1.82, 2.24) is 19.6 Å². The Hall–Kier alpha value is -1.02. The predicted octanol–water partition coefficient (Wildman–Crippen LogP) is 15.7. The molecule has 0 amide bonds. The van der Waals surface area contributed by atoms with Crippen molar-refractivity contribution in [3.8, 4) is 0 Å². The third-order valence-corrected chi connectivity index (χ3v) is 14.0. The van der Waals surface area contributed by atoms with E-state index in [1.165, 1.54) is 257 Å². The minimum Gasteiger partial charge on any atom is -0.464 e. The normalized spacial score (nSPS) is 14.4. The summed E-state index contributed by atoms with van der Waals surface area (Å²) in [5.74, 6) is 0.501. The molecule has 1 fully saturated rings. The number of likely N-dealkylation sites (tertiary alicyclic amines) is 1. The Balaban J connectivity index is 0.00000126. The standard InChI is InChI=1S/C31H64N2O.C27H54N2O2/c1-4-7-10-13-16-19-22-25-32(26-23-20-17-14-11-8-5-2)28-29-33(30-31-34)27-24-21-18-15-12-9-6-3;1-4-6-8-10-12-14-16-21-29(22-17-15-13-11-9-7-5-2)24-27(30)31-25-26-19-18-20-28(3)23-26/h31H,4-30H2,1-3H3;26H,4-25H2,1-3H3. The summed E-state index contributed by atoms with van der Waals surface area (Å²) in [7, 11) is 2.17. The number of hydrogen-bond donors (Lipinski definition) is 0. The summed E-state index contributed by atoms with van der Waals surface area (Å²) < 4.78 is 5.70. The fourth-order valence-corrected chi connectivity index (χ4v) is 9.60. The van der Waals surface area contributed by atoms with Gasteiger partial charge in [0, 0.05) is 25.6 Å². The van der Waals surface area contributed by atoms with E-state index in [1.807, 2.05) is 0 Å². The van der Waals surface area contributed by atoms with Crippen LogP contribution in [0, 0.1) is 5.92 Å². The average molecular weight is 920 g/mol. The lowest BCUT2D eigenvalue weighted by Gasteiger charge is -2.29. The predicted molar refractivity (Wildman–Crippen MR) is 287 cm³/mol. The van der Waals surface area contributed by atoms with Gasteiger partial charge in [0.15, 0.2) is 0 Å². The van der Waals surface area contributed by atoms with E-state index in [2.05, 4.69) is 61.3 Å². The van der Waals surface area contributed by atoms with Crippen LogP contribution in [0.4, 0.5) is 0 Å². The summed E-state index contributed by atoms with van der Waals surface area (Å²) in [6, 6.07) is 0. The number of carbonyl (C=O) groups is 2. The fourth-order valence-electron chi connectivity index (χ4n) is 9.60. The molecule has 7 nitrogen and oxygen atoms in total. The number of nitrogens with zero attached hydrogens (tertiary/aromatic N) is 4. The van der Waals surface area contributed by atoms with Crippen molar-refractivity contribution in [1.29, 1.82) is 0 Å². The van der Waals surface area contributed by atoms with Crippen molar-refractivity contribution in [2.45, 2.75) is 272 Å². The number of piperidine rings is 1. The Morgan fingerprint density at radius 3 is 1.14 bits per heavy atom. The molecule has 65 heavy (non-hydrogen) atoms. The molecule has 1 aliphatic heterocycles. The highest BCUT2D eigenvalue weighted by atomic mass is 16.5. The van der Waals surface area contributed by atoms with Gasteiger partial charge in [0.05, 0.1) is 19.7 Å². The molecule has 1 aliphatic rings. The Labute approximate surface area is 408 Å². The maximum absolute atomic E-state index is 12.5. The first kappa shape index (κ1) is 64.0. The molecule has 0 bridgehead atoms. The van der Waals surface area contributed by atoms with Crippen LogP contribution in [0.5, 0.6) is 0 Å². The highest BCUT2D eigenvalue weighted by Gasteiger charge is 2.20. The molecule has 7 heteroatoms. The largest absolute Gasteiger partial charge is 0.464 e. The molecular formula is C58H118N4O3. The molecule has 0 saturated carbocycles. The smallest absolute Gasteiger partial charge is 0.320 e. The third kappa shape index (κ3) is 46.5. The van der Waals surface area contributed by atoms with E-state index in [0.29, 0.717) is 25.6 Å². The molecule has 1 rings (SSSR count). The van der Waals surface area contributed by atoms with Crippen molar-refractivity contribution in [2.24, 2.45) is 5.92 Å². The van der Waals surface area contributed by atoms with Gasteiger partial charge in [-0.2, -0.15) is 0 Å². The van der Waals surface area contributed by atoms with Gasteiger partial charge in [-0.15, -0.1) is 0 Å². The lowest BCUT2D eigenvalue weighted by atomic mass is 10.00. The third-order valence-electron chi connectivity index (χ3n) is 14.0. The maximum atomic E-state index is 12.5. The van der Waals surface area contributed by atoms with Gasteiger partial charge in [-0.05, 0) is 91.3 Å². The molecule has 1 atom stereocenters. The van der Waals surface area contributed by atoms with Gasteiger partial charge >= 0.3 is 5.97 Å². The van der Waals surface area contributed by atoms with Crippen molar-refractivity contribution in [2.75, 3.05) is 85.6 Å². The highest BCUT2D eigenvalue weighted by molar-refractivity contribution is 5.71. The van der Waals surface area contributed by atoms with E-state index in [9.17, 15) is 9.59 Å².